The van der Waals surface area contributed by atoms with Crippen LogP contribution in [0.15, 0.2) is 48.7 Å². The Kier molecular flexibility index (Phi) is 5.39. The predicted octanol–water partition coefficient (Wildman–Crippen LogP) is 3.75. The van der Waals surface area contributed by atoms with Crippen LogP contribution in [0.2, 0.25) is 5.02 Å². The van der Waals surface area contributed by atoms with Crippen molar-refractivity contribution in [3.63, 3.8) is 0 Å². The van der Waals surface area contributed by atoms with Gasteiger partial charge in [0.05, 0.1) is 0 Å². The van der Waals surface area contributed by atoms with Gasteiger partial charge in [-0.2, -0.15) is 0 Å². The van der Waals surface area contributed by atoms with Crippen molar-refractivity contribution in [2.24, 2.45) is 0 Å². The second kappa shape index (κ2) is 8.10. The van der Waals surface area contributed by atoms with Crippen molar-refractivity contribution in [3.8, 4) is 0 Å². The van der Waals surface area contributed by atoms with Crippen LogP contribution in [-0.2, 0) is 4.79 Å². The smallest absolute Gasteiger partial charge is 0.223 e. The standard InChI is InChI=1S/C21H21ClN4O2/c22-17-8-6-15(7-9-17)18(27)10-11-20(28)25-12-3-4-16(14-25)21-24-23-19-5-1-2-13-26(19)21/h1-2,5-9,13,16H,3-4,10-12,14H2. The summed E-state index contributed by atoms with van der Waals surface area (Å²) in [5, 5.41) is 9.15. The average molecular weight is 397 g/mol. The molecule has 0 spiro atoms. The van der Waals surface area contributed by atoms with E-state index in [2.05, 4.69) is 10.2 Å². The third kappa shape index (κ3) is 3.92. The minimum atomic E-state index is -0.0398. The first-order chi connectivity index (χ1) is 13.6. The van der Waals surface area contributed by atoms with E-state index in [1.807, 2.05) is 33.7 Å². The molecule has 0 N–H and O–H groups in total. The molecule has 1 fully saturated rings. The van der Waals surface area contributed by atoms with E-state index in [-0.39, 0.29) is 30.4 Å². The van der Waals surface area contributed by atoms with E-state index < -0.39 is 0 Å². The first-order valence-electron chi connectivity index (χ1n) is 9.48. The zero-order chi connectivity index (χ0) is 19.5. The van der Waals surface area contributed by atoms with Gasteiger partial charge in [-0.05, 0) is 49.2 Å². The number of piperidine rings is 1. The van der Waals surface area contributed by atoms with Crippen molar-refractivity contribution >= 4 is 28.9 Å². The van der Waals surface area contributed by atoms with Crippen molar-refractivity contribution in [1.82, 2.24) is 19.5 Å². The number of Topliss-reactive ketones (excluding diaryl/α,β-unsaturated/α-hetero) is 1. The van der Waals surface area contributed by atoms with Crippen LogP contribution in [-0.4, -0.2) is 44.3 Å². The molecule has 1 aromatic carbocycles. The van der Waals surface area contributed by atoms with E-state index in [4.69, 9.17) is 11.6 Å². The van der Waals surface area contributed by atoms with Gasteiger partial charge < -0.3 is 4.90 Å². The van der Waals surface area contributed by atoms with Gasteiger partial charge in [-0.25, -0.2) is 0 Å². The minimum Gasteiger partial charge on any atom is -0.342 e. The molecular weight excluding hydrogens is 376 g/mol. The summed E-state index contributed by atoms with van der Waals surface area (Å²) in [5.41, 5.74) is 1.40. The van der Waals surface area contributed by atoms with Gasteiger partial charge in [-0.3, -0.25) is 14.0 Å². The van der Waals surface area contributed by atoms with Gasteiger partial charge in [-0.15, -0.1) is 10.2 Å². The van der Waals surface area contributed by atoms with Crippen molar-refractivity contribution in [3.05, 3.63) is 65.1 Å². The number of halogens is 1. The summed E-state index contributed by atoms with van der Waals surface area (Å²) in [6.07, 6.45) is 4.27. The number of hydrogen-bond donors (Lipinski definition) is 0. The molecule has 3 aromatic rings. The van der Waals surface area contributed by atoms with E-state index in [1.165, 1.54) is 0 Å². The molecule has 7 heteroatoms. The summed E-state index contributed by atoms with van der Waals surface area (Å²) in [5.74, 6) is 1.02. The monoisotopic (exact) mass is 396 g/mol. The molecule has 0 bridgehead atoms. The Morgan fingerprint density at radius 2 is 1.89 bits per heavy atom. The molecular formula is C21H21ClN4O2. The van der Waals surface area contributed by atoms with Gasteiger partial charge >= 0.3 is 0 Å². The third-order valence-electron chi connectivity index (χ3n) is 5.21. The number of fused-ring (bicyclic) bond motifs is 1. The molecule has 0 saturated carbocycles. The van der Waals surface area contributed by atoms with Crippen LogP contribution >= 0.6 is 11.6 Å². The molecule has 3 heterocycles. The Hall–Kier alpha value is -2.73. The van der Waals surface area contributed by atoms with Gasteiger partial charge in [-0.1, -0.05) is 17.7 Å². The lowest BCUT2D eigenvalue weighted by molar-refractivity contribution is -0.132. The second-order valence-corrected chi connectivity index (χ2v) is 7.53. The topological polar surface area (TPSA) is 67.6 Å². The van der Waals surface area contributed by atoms with Crippen LogP contribution < -0.4 is 0 Å². The molecule has 28 heavy (non-hydrogen) atoms. The molecule has 1 aliphatic rings. The Morgan fingerprint density at radius 3 is 2.71 bits per heavy atom. The van der Waals surface area contributed by atoms with Gasteiger partial charge in [0.15, 0.2) is 11.4 Å². The number of carbonyl (C=O) groups excluding carboxylic acids is 2. The number of nitrogens with zero attached hydrogens (tertiary/aromatic N) is 4. The molecule has 4 rings (SSSR count). The fourth-order valence-electron chi connectivity index (χ4n) is 3.71. The Labute approximate surface area is 168 Å². The first kappa shape index (κ1) is 18.6. The number of hydrogen-bond acceptors (Lipinski definition) is 4. The Balaban J connectivity index is 1.38. The maximum absolute atomic E-state index is 12.7. The van der Waals surface area contributed by atoms with E-state index in [9.17, 15) is 9.59 Å². The molecule has 1 aliphatic heterocycles. The summed E-state index contributed by atoms with van der Waals surface area (Å²) < 4.78 is 1.99. The van der Waals surface area contributed by atoms with Gasteiger partial charge in [0.2, 0.25) is 5.91 Å². The molecule has 1 atom stereocenters. The van der Waals surface area contributed by atoms with Crippen LogP contribution in [0, 0.1) is 0 Å². The lowest BCUT2D eigenvalue weighted by atomic mass is 9.96. The molecule has 6 nitrogen and oxygen atoms in total. The van der Waals surface area contributed by atoms with E-state index >= 15 is 0 Å². The number of ketones is 1. The van der Waals surface area contributed by atoms with Crippen LogP contribution in [0.1, 0.15) is 47.8 Å². The number of pyridine rings is 1. The normalized spacial score (nSPS) is 17.0. The highest BCUT2D eigenvalue weighted by atomic mass is 35.5. The fraction of sp³-hybridized carbons (Fsp3) is 0.333. The largest absolute Gasteiger partial charge is 0.342 e. The lowest BCUT2D eigenvalue weighted by Gasteiger charge is -2.32. The van der Waals surface area contributed by atoms with Crippen molar-refractivity contribution < 1.29 is 9.59 Å². The summed E-state index contributed by atoms with van der Waals surface area (Å²) >= 11 is 5.85. The number of benzene rings is 1. The van der Waals surface area contributed by atoms with Crippen LogP contribution in [0.25, 0.3) is 5.65 Å². The maximum atomic E-state index is 12.7. The highest BCUT2D eigenvalue weighted by Crippen LogP contribution is 2.26. The molecule has 0 radical (unpaired) electrons. The number of amides is 1. The number of likely N-dealkylation sites (tertiary alicyclic amines) is 1. The summed E-state index contributed by atoms with van der Waals surface area (Å²) in [7, 11) is 0. The Morgan fingerprint density at radius 1 is 1.07 bits per heavy atom. The van der Waals surface area contributed by atoms with Crippen molar-refractivity contribution in [1.29, 1.82) is 0 Å². The first-order valence-corrected chi connectivity index (χ1v) is 9.86. The summed E-state index contributed by atoms with van der Waals surface area (Å²) in [6.45, 7) is 1.34. The number of aromatic nitrogens is 3. The second-order valence-electron chi connectivity index (χ2n) is 7.10. The van der Waals surface area contributed by atoms with Crippen molar-refractivity contribution in [2.45, 2.75) is 31.6 Å². The average Bonchev–Trinajstić information content (AvgIpc) is 3.16. The summed E-state index contributed by atoms with van der Waals surface area (Å²) in [6, 6.07) is 12.6. The quantitative estimate of drug-likeness (QED) is 0.616. The molecule has 144 valence electrons. The molecule has 1 unspecified atom stereocenters. The van der Waals surface area contributed by atoms with Crippen molar-refractivity contribution in [2.75, 3.05) is 13.1 Å². The molecule has 1 saturated heterocycles. The maximum Gasteiger partial charge on any atom is 0.223 e. The predicted molar refractivity (Wildman–Crippen MR) is 107 cm³/mol. The molecule has 1 amide bonds. The number of rotatable bonds is 5. The van der Waals surface area contributed by atoms with Crippen LogP contribution in [0.5, 0.6) is 0 Å². The lowest BCUT2D eigenvalue weighted by Crippen LogP contribution is -2.39. The zero-order valence-corrected chi connectivity index (χ0v) is 16.2. The minimum absolute atomic E-state index is 0.0147. The van der Waals surface area contributed by atoms with Crippen LogP contribution in [0.3, 0.4) is 0 Å². The highest BCUT2D eigenvalue weighted by Gasteiger charge is 2.28. The number of carbonyl (C=O) groups is 2. The zero-order valence-electron chi connectivity index (χ0n) is 15.4. The highest BCUT2D eigenvalue weighted by molar-refractivity contribution is 6.30. The van der Waals surface area contributed by atoms with E-state index in [1.54, 1.807) is 24.3 Å². The SMILES string of the molecule is O=C(CCC(=O)N1CCCC(c2nnc3ccccn23)C1)c1ccc(Cl)cc1. The third-order valence-corrected chi connectivity index (χ3v) is 5.46. The van der Waals surface area contributed by atoms with E-state index in [0.29, 0.717) is 17.1 Å². The van der Waals surface area contributed by atoms with Gasteiger partial charge in [0, 0.05) is 48.6 Å². The van der Waals surface area contributed by atoms with Gasteiger partial charge in [0.1, 0.15) is 5.82 Å². The molecule has 2 aromatic heterocycles. The van der Waals surface area contributed by atoms with Crippen LogP contribution in [0.4, 0.5) is 0 Å². The van der Waals surface area contributed by atoms with E-state index in [0.717, 1.165) is 30.9 Å². The summed E-state index contributed by atoms with van der Waals surface area (Å²) in [4.78, 5) is 26.8. The Bertz CT molecular complexity index is 999. The molecule has 0 aliphatic carbocycles. The van der Waals surface area contributed by atoms with Gasteiger partial charge in [0.25, 0.3) is 0 Å². The fourth-order valence-corrected chi connectivity index (χ4v) is 3.84.